The number of hydrogen-bond acceptors (Lipinski definition) is 6. The molecule has 9 N–H and O–H groups in total. The molecular weight excluding hydrogens is 653 g/mol. The second-order valence-corrected chi connectivity index (χ2v) is 12.5. The lowest BCUT2D eigenvalue weighted by Gasteiger charge is -2.42. The number of primary amides is 1. The van der Waals surface area contributed by atoms with E-state index in [0.29, 0.717) is 23.1 Å². The van der Waals surface area contributed by atoms with Gasteiger partial charge in [-0.25, -0.2) is 14.0 Å². The lowest BCUT2D eigenvalue weighted by molar-refractivity contribution is 0.0686. The van der Waals surface area contributed by atoms with Gasteiger partial charge in [0.1, 0.15) is 11.7 Å². The first-order chi connectivity index (χ1) is 24.2. The minimum Gasteiger partial charge on any atom is -0.478 e. The third-order valence-corrected chi connectivity index (χ3v) is 9.15. The number of nitrogens with two attached hydrogens (primary N) is 2. The largest absolute Gasteiger partial charge is 0.478 e. The van der Waals surface area contributed by atoms with Crippen LogP contribution >= 0.6 is 0 Å². The Labute approximate surface area is 291 Å². The third kappa shape index (κ3) is 6.75. The van der Waals surface area contributed by atoms with E-state index >= 15 is 0 Å². The molecule has 5 aromatic carbocycles. The van der Waals surface area contributed by atoms with Crippen LogP contribution in [-0.2, 0) is 5.41 Å². The Morgan fingerprint density at radius 3 is 2.20 bits per heavy atom. The maximum Gasteiger partial charge on any atom is 0.336 e. The fraction of sp³-hybridized carbons (Fsp3) is 0.103. The molecule has 1 aliphatic rings. The Bertz CT molecular complexity index is 2270. The highest BCUT2D eigenvalue weighted by Crippen LogP contribution is 2.49. The molecule has 2 amide bonds. The van der Waals surface area contributed by atoms with Crippen LogP contribution in [0.25, 0.3) is 11.1 Å². The highest BCUT2D eigenvalue weighted by atomic mass is 19.1. The Morgan fingerprint density at radius 2 is 1.53 bits per heavy atom. The van der Waals surface area contributed by atoms with Crippen molar-refractivity contribution in [3.8, 4) is 11.1 Å². The number of hydrogen-bond donors (Lipinski definition) is 7. The summed E-state index contributed by atoms with van der Waals surface area (Å²) in [5.41, 5.74) is 14.6. The highest BCUT2D eigenvalue weighted by Gasteiger charge is 2.39. The van der Waals surface area contributed by atoms with Crippen LogP contribution in [0.5, 0.6) is 0 Å². The van der Waals surface area contributed by atoms with Crippen LogP contribution in [0.15, 0.2) is 103 Å². The van der Waals surface area contributed by atoms with Crippen molar-refractivity contribution in [2.75, 3.05) is 10.6 Å². The van der Waals surface area contributed by atoms with E-state index in [-0.39, 0.29) is 33.8 Å². The third-order valence-electron chi connectivity index (χ3n) is 9.15. The second kappa shape index (κ2) is 13.2. The minimum absolute atomic E-state index is 0.00437. The molecule has 2 unspecified atom stereocenters. The van der Waals surface area contributed by atoms with Crippen molar-refractivity contribution >= 4 is 41.0 Å². The second-order valence-electron chi connectivity index (χ2n) is 12.5. The Hall–Kier alpha value is -6.82. The number of rotatable bonds is 9. The van der Waals surface area contributed by atoms with Gasteiger partial charge in [0.2, 0.25) is 5.91 Å². The number of carbonyl (C=O) groups excluding carboxylic acids is 2. The maximum absolute atomic E-state index is 14.3. The van der Waals surface area contributed by atoms with Crippen molar-refractivity contribution < 1.29 is 33.8 Å². The zero-order valence-corrected chi connectivity index (χ0v) is 27.2. The summed E-state index contributed by atoms with van der Waals surface area (Å²) in [4.78, 5) is 49.4. The van der Waals surface area contributed by atoms with E-state index < -0.39 is 46.6 Å². The molecule has 256 valence electrons. The minimum atomic E-state index is -1.41. The number of carboxylic acids is 2. The molecule has 0 aliphatic carbocycles. The number of carboxylic acid groups (broad SMARTS) is 2. The molecule has 11 nitrogen and oxygen atoms in total. The summed E-state index contributed by atoms with van der Waals surface area (Å²) in [7, 11) is 0. The summed E-state index contributed by atoms with van der Waals surface area (Å²) in [5.74, 6) is -5.31. The zero-order valence-electron chi connectivity index (χ0n) is 27.2. The average molecular weight is 686 g/mol. The normalized spacial score (nSPS) is 16.3. The Morgan fingerprint density at radius 1 is 0.824 bits per heavy atom. The molecule has 1 heterocycles. The van der Waals surface area contributed by atoms with Gasteiger partial charge in [0.05, 0.1) is 17.2 Å². The lowest BCUT2D eigenvalue weighted by atomic mass is 9.68. The van der Waals surface area contributed by atoms with Crippen LogP contribution in [0.2, 0.25) is 0 Å². The number of halogens is 1. The number of anilines is 2. The van der Waals surface area contributed by atoms with Crippen LogP contribution in [-0.4, -0.2) is 39.8 Å². The summed E-state index contributed by atoms with van der Waals surface area (Å²) in [6.45, 7) is 2.08. The lowest BCUT2D eigenvalue weighted by Crippen LogP contribution is -2.35. The predicted octanol–water partition coefficient (Wildman–Crippen LogP) is 6.39. The van der Waals surface area contributed by atoms with Gasteiger partial charge in [-0.05, 0) is 101 Å². The summed E-state index contributed by atoms with van der Waals surface area (Å²) >= 11 is 0. The first kappa shape index (κ1) is 34.1. The van der Waals surface area contributed by atoms with E-state index in [9.17, 15) is 33.8 Å². The molecule has 1 aliphatic heterocycles. The van der Waals surface area contributed by atoms with Crippen molar-refractivity contribution in [3.05, 3.63) is 153 Å². The molecule has 6 rings (SSSR count). The quantitative estimate of drug-likeness (QED) is 0.0682. The van der Waals surface area contributed by atoms with Gasteiger partial charge in [-0.15, -0.1) is 0 Å². The molecule has 0 bridgehead atoms. The van der Waals surface area contributed by atoms with Gasteiger partial charge in [0.25, 0.3) is 5.91 Å². The molecule has 0 spiro atoms. The number of amidine groups is 1. The predicted molar refractivity (Wildman–Crippen MR) is 190 cm³/mol. The van der Waals surface area contributed by atoms with Gasteiger partial charge in [0, 0.05) is 33.5 Å². The molecule has 0 fully saturated rings. The van der Waals surface area contributed by atoms with Crippen LogP contribution in [0, 0.1) is 11.2 Å². The Balaban J connectivity index is 1.51. The zero-order chi connectivity index (χ0) is 36.6. The monoisotopic (exact) mass is 685 g/mol. The number of nitrogen functional groups attached to an aromatic ring is 1. The van der Waals surface area contributed by atoms with E-state index in [1.807, 2.05) is 42.5 Å². The molecule has 5 aromatic rings. The van der Waals surface area contributed by atoms with Gasteiger partial charge in [-0.2, -0.15) is 0 Å². The van der Waals surface area contributed by atoms with E-state index in [4.69, 9.17) is 16.9 Å². The summed E-state index contributed by atoms with van der Waals surface area (Å²) in [6.07, 6.45) is 0.473. The molecule has 12 heteroatoms. The molecule has 0 aromatic heterocycles. The van der Waals surface area contributed by atoms with Crippen molar-refractivity contribution in [1.82, 2.24) is 0 Å². The van der Waals surface area contributed by atoms with Crippen LogP contribution in [0.3, 0.4) is 0 Å². The van der Waals surface area contributed by atoms with Crippen LogP contribution < -0.4 is 22.1 Å². The summed E-state index contributed by atoms with van der Waals surface area (Å²) in [6, 6.07) is 26.7. The molecule has 0 saturated heterocycles. The SMILES string of the molecule is CC1(c2ccccc2)CC(c2cc(NC(=O)c3cc(F)cc(C(=O)O)c3)cc(-c3ccc(C(N)=O)cc3C(=O)O)c2)Nc2ccc(C(=N)N)cc21. The van der Waals surface area contributed by atoms with Crippen molar-refractivity contribution in [1.29, 1.82) is 5.41 Å². The van der Waals surface area contributed by atoms with Gasteiger partial charge in [-0.3, -0.25) is 15.0 Å². The highest BCUT2D eigenvalue weighted by molar-refractivity contribution is 6.06. The number of fused-ring (bicyclic) bond motifs is 1. The summed E-state index contributed by atoms with van der Waals surface area (Å²) < 4.78 is 14.3. The standard InChI is InChI=1S/C39H32FN5O6/c1-39(26-5-3-2-4-6-26)19-33(45-32-10-8-20(34(41)42)18-31(32)39)23-11-22(29-9-7-21(35(43)46)17-30(29)38(50)51)15-28(16-23)44-36(47)24-12-25(37(48)49)14-27(40)13-24/h2-18,33,45H,19H2,1H3,(H3,41,42)(H2,43,46)(H,44,47)(H,48,49)(H,50,51). The van der Waals surface area contributed by atoms with Gasteiger partial charge in [-0.1, -0.05) is 43.3 Å². The van der Waals surface area contributed by atoms with Crippen LogP contribution in [0.1, 0.15) is 83.1 Å². The first-order valence-electron chi connectivity index (χ1n) is 15.7. The number of benzene rings is 5. The maximum atomic E-state index is 14.3. The van der Waals surface area contributed by atoms with Crippen LogP contribution in [0.4, 0.5) is 15.8 Å². The number of carbonyl (C=O) groups is 4. The fourth-order valence-corrected chi connectivity index (χ4v) is 6.59. The average Bonchev–Trinajstić information content (AvgIpc) is 3.11. The number of amides is 2. The van der Waals surface area contributed by atoms with Gasteiger partial charge >= 0.3 is 11.9 Å². The molecule has 0 saturated carbocycles. The van der Waals surface area contributed by atoms with Crippen molar-refractivity contribution in [2.24, 2.45) is 11.5 Å². The summed E-state index contributed by atoms with van der Waals surface area (Å²) in [5, 5.41) is 33.9. The van der Waals surface area contributed by atoms with E-state index in [0.717, 1.165) is 35.0 Å². The molecule has 0 radical (unpaired) electrons. The fourth-order valence-electron chi connectivity index (χ4n) is 6.59. The van der Waals surface area contributed by atoms with Crippen molar-refractivity contribution in [2.45, 2.75) is 24.8 Å². The Kier molecular flexibility index (Phi) is 8.84. The van der Waals surface area contributed by atoms with E-state index in [1.54, 1.807) is 18.2 Å². The molecule has 2 atom stereocenters. The topological polar surface area (TPSA) is 209 Å². The molecule has 51 heavy (non-hydrogen) atoms. The smallest absolute Gasteiger partial charge is 0.336 e. The number of aromatic carboxylic acids is 2. The molecular formula is C39H32FN5O6. The van der Waals surface area contributed by atoms with Gasteiger partial charge in [0.15, 0.2) is 0 Å². The van der Waals surface area contributed by atoms with Crippen molar-refractivity contribution in [3.63, 3.8) is 0 Å². The van der Waals surface area contributed by atoms with E-state index in [2.05, 4.69) is 17.6 Å². The van der Waals surface area contributed by atoms with Gasteiger partial charge < -0.3 is 32.3 Å². The van der Waals surface area contributed by atoms with E-state index in [1.165, 1.54) is 24.3 Å². The number of nitrogens with one attached hydrogen (secondary N) is 3. The first-order valence-corrected chi connectivity index (χ1v) is 15.7.